The Morgan fingerprint density at radius 3 is 2.64 bits per heavy atom. The molecule has 1 aliphatic rings. The Hall–Kier alpha value is -1.56. The van der Waals surface area contributed by atoms with Crippen molar-refractivity contribution in [3.8, 4) is 0 Å². The van der Waals surface area contributed by atoms with Gasteiger partial charge in [0, 0.05) is 0 Å². The maximum absolute atomic E-state index is 3.75. The van der Waals surface area contributed by atoms with Crippen LogP contribution >= 0.6 is 0 Å². The standard InChI is InChI=1S/C14H14/c1-3-6-12-10-9-11(2)13-7-4-5-8-14(12)13/h3-9H,1,10H2,2H3/b12-6+. The van der Waals surface area contributed by atoms with Crippen molar-refractivity contribution in [1.29, 1.82) is 0 Å². The second-order valence-electron chi connectivity index (χ2n) is 3.56. The summed E-state index contributed by atoms with van der Waals surface area (Å²) in [6.07, 6.45) is 7.26. The van der Waals surface area contributed by atoms with E-state index in [2.05, 4.69) is 49.9 Å². The maximum Gasteiger partial charge on any atom is -0.00854 e. The van der Waals surface area contributed by atoms with Crippen molar-refractivity contribution in [2.24, 2.45) is 0 Å². The number of fused-ring (bicyclic) bond motifs is 1. The molecule has 14 heavy (non-hydrogen) atoms. The number of allylic oxidation sites excluding steroid dienone is 5. The zero-order valence-corrected chi connectivity index (χ0v) is 8.46. The summed E-state index contributed by atoms with van der Waals surface area (Å²) in [5.74, 6) is 0. The van der Waals surface area contributed by atoms with E-state index in [1.54, 1.807) is 0 Å². The lowest BCUT2D eigenvalue weighted by atomic mass is 9.88. The van der Waals surface area contributed by atoms with Crippen LogP contribution in [0.5, 0.6) is 0 Å². The van der Waals surface area contributed by atoms with Gasteiger partial charge in [0.25, 0.3) is 0 Å². The van der Waals surface area contributed by atoms with E-state index in [1.165, 1.54) is 22.3 Å². The lowest BCUT2D eigenvalue weighted by molar-refractivity contribution is 1.32. The summed E-state index contributed by atoms with van der Waals surface area (Å²) in [6.45, 7) is 5.92. The average Bonchev–Trinajstić information content (AvgIpc) is 2.23. The van der Waals surface area contributed by atoms with Gasteiger partial charge in [-0.15, -0.1) is 0 Å². The first-order chi connectivity index (χ1) is 6.83. The van der Waals surface area contributed by atoms with Crippen molar-refractivity contribution in [2.45, 2.75) is 13.3 Å². The molecule has 0 saturated carbocycles. The Morgan fingerprint density at radius 2 is 1.93 bits per heavy atom. The molecule has 1 aliphatic carbocycles. The quantitative estimate of drug-likeness (QED) is 0.614. The van der Waals surface area contributed by atoms with Gasteiger partial charge in [-0.05, 0) is 35.6 Å². The van der Waals surface area contributed by atoms with Crippen LogP contribution in [0.3, 0.4) is 0 Å². The summed E-state index contributed by atoms with van der Waals surface area (Å²) < 4.78 is 0. The summed E-state index contributed by atoms with van der Waals surface area (Å²) in [7, 11) is 0. The molecular weight excluding hydrogens is 168 g/mol. The van der Waals surface area contributed by atoms with Crippen molar-refractivity contribution in [2.75, 3.05) is 0 Å². The van der Waals surface area contributed by atoms with Crippen LogP contribution in [0.1, 0.15) is 24.5 Å². The van der Waals surface area contributed by atoms with E-state index in [0.29, 0.717) is 0 Å². The Kier molecular flexibility index (Phi) is 2.36. The molecule has 0 spiro atoms. The Balaban J connectivity index is 2.59. The Morgan fingerprint density at radius 1 is 1.21 bits per heavy atom. The molecule has 0 unspecified atom stereocenters. The highest BCUT2D eigenvalue weighted by Crippen LogP contribution is 2.33. The molecule has 0 aliphatic heterocycles. The predicted molar refractivity (Wildman–Crippen MR) is 62.9 cm³/mol. The SMILES string of the molecule is C=C/C=C1\CC=C(C)c2ccccc21. The smallest absolute Gasteiger partial charge is 0.00854 e. The highest BCUT2D eigenvalue weighted by atomic mass is 14.2. The lowest BCUT2D eigenvalue weighted by Gasteiger charge is -2.17. The average molecular weight is 182 g/mol. The molecule has 0 fully saturated rings. The zero-order chi connectivity index (χ0) is 9.97. The van der Waals surface area contributed by atoms with Crippen LogP contribution < -0.4 is 0 Å². The largest absolute Gasteiger partial charge is 0.0991 e. The first-order valence-corrected chi connectivity index (χ1v) is 4.91. The first-order valence-electron chi connectivity index (χ1n) is 4.91. The van der Waals surface area contributed by atoms with Gasteiger partial charge in [-0.1, -0.05) is 49.1 Å². The van der Waals surface area contributed by atoms with Gasteiger partial charge >= 0.3 is 0 Å². The molecule has 0 bridgehead atoms. The van der Waals surface area contributed by atoms with Gasteiger partial charge in [0.15, 0.2) is 0 Å². The number of hydrogen-bond acceptors (Lipinski definition) is 0. The van der Waals surface area contributed by atoms with Crippen molar-refractivity contribution in [3.05, 3.63) is 60.2 Å². The fraction of sp³-hybridized carbons (Fsp3) is 0.143. The van der Waals surface area contributed by atoms with E-state index in [1.807, 2.05) is 6.08 Å². The van der Waals surface area contributed by atoms with Gasteiger partial charge in [0.1, 0.15) is 0 Å². The van der Waals surface area contributed by atoms with Crippen LogP contribution in [-0.2, 0) is 0 Å². The van der Waals surface area contributed by atoms with E-state index in [9.17, 15) is 0 Å². The maximum atomic E-state index is 3.75. The van der Waals surface area contributed by atoms with Crippen molar-refractivity contribution < 1.29 is 0 Å². The zero-order valence-electron chi connectivity index (χ0n) is 8.46. The first kappa shape index (κ1) is 9.01. The van der Waals surface area contributed by atoms with Crippen LogP contribution in [0.25, 0.3) is 11.1 Å². The third-order valence-corrected chi connectivity index (χ3v) is 2.65. The fourth-order valence-corrected chi connectivity index (χ4v) is 1.89. The molecule has 0 atom stereocenters. The summed E-state index contributed by atoms with van der Waals surface area (Å²) in [6, 6.07) is 8.54. The van der Waals surface area contributed by atoms with Crippen molar-refractivity contribution >= 4 is 11.1 Å². The molecule has 0 nitrogen and oxygen atoms in total. The molecule has 0 amide bonds. The fourth-order valence-electron chi connectivity index (χ4n) is 1.89. The van der Waals surface area contributed by atoms with Crippen molar-refractivity contribution in [3.63, 3.8) is 0 Å². The minimum absolute atomic E-state index is 1.02. The lowest BCUT2D eigenvalue weighted by Crippen LogP contribution is -1.96. The van der Waals surface area contributed by atoms with E-state index < -0.39 is 0 Å². The summed E-state index contributed by atoms with van der Waals surface area (Å²) in [5.41, 5.74) is 5.45. The molecule has 2 rings (SSSR count). The van der Waals surface area contributed by atoms with E-state index >= 15 is 0 Å². The van der Waals surface area contributed by atoms with Gasteiger partial charge < -0.3 is 0 Å². The molecule has 0 aromatic heterocycles. The molecule has 0 heterocycles. The van der Waals surface area contributed by atoms with Crippen LogP contribution in [0.15, 0.2) is 49.1 Å². The van der Waals surface area contributed by atoms with Crippen LogP contribution in [0.4, 0.5) is 0 Å². The molecule has 0 heteroatoms. The van der Waals surface area contributed by atoms with Gasteiger partial charge in [-0.2, -0.15) is 0 Å². The normalized spacial score (nSPS) is 17.5. The third kappa shape index (κ3) is 1.44. The molecular formula is C14H14. The number of rotatable bonds is 1. The van der Waals surface area contributed by atoms with Gasteiger partial charge in [0.2, 0.25) is 0 Å². The van der Waals surface area contributed by atoms with Crippen LogP contribution in [0.2, 0.25) is 0 Å². The molecule has 0 saturated heterocycles. The Labute approximate surface area is 85.3 Å². The summed E-state index contributed by atoms with van der Waals surface area (Å²) in [5, 5.41) is 0. The van der Waals surface area contributed by atoms with E-state index in [0.717, 1.165) is 6.42 Å². The van der Waals surface area contributed by atoms with E-state index in [4.69, 9.17) is 0 Å². The highest BCUT2D eigenvalue weighted by Gasteiger charge is 2.11. The minimum atomic E-state index is 1.02. The second kappa shape index (κ2) is 3.67. The minimum Gasteiger partial charge on any atom is -0.0991 e. The van der Waals surface area contributed by atoms with E-state index in [-0.39, 0.29) is 0 Å². The number of hydrogen-bond donors (Lipinski definition) is 0. The second-order valence-corrected chi connectivity index (χ2v) is 3.56. The summed E-state index contributed by atoms with van der Waals surface area (Å²) >= 11 is 0. The summed E-state index contributed by atoms with van der Waals surface area (Å²) in [4.78, 5) is 0. The topological polar surface area (TPSA) is 0 Å². The molecule has 70 valence electrons. The Bertz CT molecular complexity index is 419. The van der Waals surface area contributed by atoms with Gasteiger partial charge in [-0.25, -0.2) is 0 Å². The van der Waals surface area contributed by atoms with Gasteiger partial charge in [0.05, 0.1) is 0 Å². The highest BCUT2D eigenvalue weighted by molar-refractivity contribution is 5.84. The molecule has 0 radical (unpaired) electrons. The molecule has 0 N–H and O–H groups in total. The monoisotopic (exact) mass is 182 g/mol. The third-order valence-electron chi connectivity index (χ3n) is 2.65. The molecule has 1 aromatic carbocycles. The van der Waals surface area contributed by atoms with Crippen molar-refractivity contribution in [1.82, 2.24) is 0 Å². The van der Waals surface area contributed by atoms with Crippen LogP contribution in [-0.4, -0.2) is 0 Å². The molecule has 1 aromatic rings. The predicted octanol–water partition coefficient (Wildman–Crippen LogP) is 4.06. The van der Waals surface area contributed by atoms with Gasteiger partial charge in [-0.3, -0.25) is 0 Å². The number of benzene rings is 1. The van der Waals surface area contributed by atoms with Crippen LogP contribution in [0, 0.1) is 0 Å².